The number of hydrogen-bond acceptors (Lipinski definition) is 3. The van der Waals surface area contributed by atoms with E-state index in [0.29, 0.717) is 5.92 Å². The van der Waals surface area contributed by atoms with Crippen LogP contribution < -0.4 is 5.32 Å². The van der Waals surface area contributed by atoms with E-state index in [1.165, 1.54) is 0 Å². The topological polar surface area (TPSA) is 78.0 Å². The summed E-state index contributed by atoms with van der Waals surface area (Å²) in [6.45, 7) is 3.89. The molecule has 20 heavy (non-hydrogen) atoms. The third-order valence-corrected chi connectivity index (χ3v) is 3.00. The van der Waals surface area contributed by atoms with Crippen molar-refractivity contribution >= 4 is 30.8 Å². The molecule has 1 heterocycles. The Morgan fingerprint density at radius 1 is 1.45 bits per heavy atom. The van der Waals surface area contributed by atoms with Gasteiger partial charge in [-0.3, -0.25) is 4.79 Å². The van der Waals surface area contributed by atoms with Gasteiger partial charge in [-0.25, -0.2) is 4.98 Å². The summed E-state index contributed by atoms with van der Waals surface area (Å²) < 4.78 is 0. The molecule has 0 spiro atoms. The number of halogens is 2. The minimum absolute atomic E-state index is 0. The predicted octanol–water partition coefficient (Wildman–Crippen LogP) is 3.01. The maximum Gasteiger partial charge on any atom is 0.303 e. The van der Waals surface area contributed by atoms with E-state index < -0.39 is 5.97 Å². The third-order valence-electron chi connectivity index (χ3n) is 3.00. The second kappa shape index (κ2) is 13.2. The molecule has 0 aliphatic rings. The number of nitrogens with zero attached hydrogens (tertiary/aromatic N) is 1. The summed E-state index contributed by atoms with van der Waals surface area (Å²) >= 11 is 0. The standard InChI is InChI=1S/C13H23N3O2.2ClH/c1-2-4-11(5-3-6-13(17)18)7-14-8-12-9-15-10-16-12;;/h9-11,14H,2-8H2,1H3,(H,15,16)(H,17,18);2*1H. The second-order valence-electron chi connectivity index (χ2n) is 4.65. The Morgan fingerprint density at radius 3 is 2.75 bits per heavy atom. The zero-order valence-electron chi connectivity index (χ0n) is 11.8. The quantitative estimate of drug-likeness (QED) is 0.618. The van der Waals surface area contributed by atoms with Gasteiger partial charge in [0.05, 0.1) is 6.33 Å². The van der Waals surface area contributed by atoms with Gasteiger partial charge in [-0.1, -0.05) is 13.3 Å². The molecule has 1 rings (SSSR count). The van der Waals surface area contributed by atoms with Gasteiger partial charge in [0, 0.05) is 24.9 Å². The lowest BCUT2D eigenvalue weighted by Crippen LogP contribution is -2.23. The van der Waals surface area contributed by atoms with Crippen molar-refractivity contribution in [1.82, 2.24) is 15.3 Å². The Bertz CT molecular complexity index is 334. The van der Waals surface area contributed by atoms with Gasteiger partial charge in [0.15, 0.2) is 0 Å². The van der Waals surface area contributed by atoms with Gasteiger partial charge in [0.2, 0.25) is 0 Å². The van der Waals surface area contributed by atoms with Crippen LogP contribution in [-0.2, 0) is 11.3 Å². The van der Waals surface area contributed by atoms with E-state index in [0.717, 1.165) is 44.5 Å². The summed E-state index contributed by atoms with van der Waals surface area (Å²) in [5.41, 5.74) is 1.08. The molecule has 7 heteroatoms. The highest BCUT2D eigenvalue weighted by atomic mass is 35.5. The molecule has 1 unspecified atom stereocenters. The van der Waals surface area contributed by atoms with E-state index in [1.54, 1.807) is 6.33 Å². The highest BCUT2D eigenvalue weighted by Gasteiger charge is 2.08. The fourth-order valence-corrected chi connectivity index (χ4v) is 2.09. The van der Waals surface area contributed by atoms with E-state index in [2.05, 4.69) is 22.2 Å². The van der Waals surface area contributed by atoms with Crippen molar-refractivity contribution in [3.63, 3.8) is 0 Å². The first-order chi connectivity index (χ1) is 8.72. The maximum absolute atomic E-state index is 10.5. The number of carboxylic acids is 1. The van der Waals surface area contributed by atoms with Crippen LogP contribution >= 0.6 is 24.8 Å². The first-order valence-electron chi connectivity index (χ1n) is 6.62. The van der Waals surface area contributed by atoms with Crippen molar-refractivity contribution in [2.24, 2.45) is 5.92 Å². The van der Waals surface area contributed by atoms with Crippen LogP contribution in [0.5, 0.6) is 0 Å². The average molecular weight is 326 g/mol. The van der Waals surface area contributed by atoms with Gasteiger partial charge in [-0.2, -0.15) is 0 Å². The normalized spacial score (nSPS) is 11.2. The Balaban J connectivity index is 0. The molecule has 1 aromatic heterocycles. The van der Waals surface area contributed by atoms with Gasteiger partial charge in [0.25, 0.3) is 0 Å². The van der Waals surface area contributed by atoms with E-state index in [1.807, 2.05) is 6.20 Å². The molecule has 5 nitrogen and oxygen atoms in total. The number of carbonyl (C=O) groups is 1. The highest BCUT2D eigenvalue weighted by Crippen LogP contribution is 2.14. The fraction of sp³-hybridized carbons (Fsp3) is 0.692. The van der Waals surface area contributed by atoms with Crippen molar-refractivity contribution in [3.8, 4) is 0 Å². The molecule has 0 saturated carbocycles. The molecule has 0 fully saturated rings. The van der Waals surface area contributed by atoms with Gasteiger partial charge in [0.1, 0.15) is 0 Å². The molecule has 0 bridgehead atoms. The SMILES string of the molecule is CCCC(CCCC(=O)O)CNCc1cnc[nH]1.Cl.Cl. The zero-order valence-corrected chi connectivity index (χ0v) is 13.4. The van der Waals surface area contributed by atoms with Crippen LogP contribution in [0.15, 0.2) is 12.5 Å². The Labute approximate surface area is 132 Å². The van der Waals surface area contributed by atoms with Crippen molar-refractivity contribution in [2.45, 2.75) is 45.6 Å². The van der Waals surface area contributed by atoms with Crippen molar-refractivity contribution in [2.75, 3.05) is 6.54 Å². The van der Waals surface area contributed by atoms with E-state index in [4.69, 9.17) is 5.11 Å². The molecule has 3 N–H and O–H groups in total. The minimum Gasteiger partial charge on any atom is -0.481 e. The molecule has 118 valence electrons. The van der Waals surface area contributed by atoms with Gasteiger partial charge >= 0.3 is 5.97 Å². The van der Waals surface area contributed by atoms with Gasteiger partial charge in [-0.15, -0.1) is 24.8 Å². The molecule has 1 atom stereocenters. The predicted molar refractivity (Wildman–Crippen MR) is 84.7 cm³/mol. The number of hydrogen-bond donors (Lipinski definition) is 3. The molecule has 0 aromatic carbocycles. The highest BCUT2D eigenvalue weighted by molar-refractivity contribution is 5.85. The zero-order chi connectivity index (χ0) is 13.2. The summed E-state index contributed by atoms with van der Waals surface area (Å²) in [6, 6.07) is 0. The first kappa shape index (κ1) is 21.5. The Kier molecular flexibility index (Phi) is 14.2. The van der Waals surface area contributed by atoms with Crippen molar-refractivity contribution in [1.29, 1.82) is 0 Å². The number of carboxylic acid groups (broad SMARTS) is 1. The third kappa shape index (κ3) is 10.1. The average Bonchev–Trinajstić information content (AvgIpc) is 2.81. The number of aromatic amines is 1. The monoisotopic (exact) mass is 325 g/mol. The Hall–Kier alpha value is -0.780. The van der Waals surface area contributed by atoms with Crippen LogP contribution in [0.3, 0.4) is 0 Å². The van der Waals surface area contributed by atoms with Crippen LogP contribution in [0.25, 0.3) is 0 Å². The van der Waals surface area contributed by atoms with E-state index >= 15 is 0 Å². The summed E-state index contributed by atoms with van der Waals surface area (Å²) in [5, 5.41) is 12.0. The number of imidazole rings is 1. The van der Waals surface area contributed by atoms with Crippen LogP contribution in [-0.4, -0.2) is 27.6 Å². The summed E-state index contributed by atoms with van der Waals surface area (Å²) in [4.78, 5) is 17.5. The van der Waals surface area contributed by atoms with E-state index in [9.17, 15) is 4.79 Å². The van der Waals surface area contributed by atoms with Gasteiger partial charge < -0.3 is 15.4 Å². The molecule has 0 saturated heterocycles. The molecule has 0 radical (unpaired) electrons. The van der Waals surface area contributed by atoms with Crippen LogP contribution in [0.1, 0.15) is 44.7 Å². The van der Waals surface area contributed by atoms with Crippen molar-refractivity contribution < 1.29 is 9.90 Å². The summed E-state index contributed by atoms with van der Waals surface area (Å²) in [7, 11) is 0. The lowest BCUT2D eigenvalue weighted by molar-refractivity contribution is -0.137. The molecule has 0 aliphatic heterocycles. The van der Waals surface area contributed by atoms with Crippen LogP contribution in [0.4, 0.5) is 0 Å². The van der Waals surface area contributed by atoms with Crippen LogP contribution in [0, 0.1) is 5.92 Å². The Morgan fingerprint density at radius 2 is 2.20 bits per heavy atom. The molecular formula is C13H25Cl2N3O2. The number of H-pyrrole nitrogens is 1. The lowest BCUT2D eigenvalue weighted by Gasteiger charge is -2.16. The van der Waals surface area contributed by atoms with Crippen LogP contribution in [0.2, 0.25) is 0 Å². The first-order valence-corrected chi connectivity index (χ1v) is 6.62. The number of rotatable bonds is 10. The molecule has 1 aromatic rings. The fourth-order valence-electron chi connectivity index (χ4n) is 2.09. The summed E-state index contributed by atoms with van der Waals surface area (Å²) in [6.07, 6.45) is 7.81. The molecular weight excluding hydrogens is 301 g/mol. The number of aliphatic carboxylic acids is 1. The summed E-state index contributed by atoms with van der Waals surface area (Å²) in [5.74, 6) is -0.132. The number of aromatic nitrogens is 2. The molecule has 0 amide bonds. The molecule has 0 aliphatic carbocycles. The van der Waals surface area contributed by atoms with Gasteiger partial charge in [-0.05, 0) is 31.7 Å². The van der Waals surface area contributed by atoms with E-state index in [-0.39, 0.29) is 31.2 Å². The smallest absolute Gasteiger partial charge is 0.303 e. The lowest BCUT2D eigenvalue weighted by atomic mass is 9.97. The minimum atomic E-state index is -0.698. The maximum atomic E-state index is 10.5. The second-order valence-corrected chi connectivity index (χ2v) is 4.65. The largest absolute Gasteiger partial charge is 0.481 e. The number of nitrogens with one attached hydrogen (secondary N) is 2. The van der Waals surface area contributed by atoms with Crippen molar-refractivity contribution in [3.05, 3.63) is 18.2 Å².